The van der Waals surface area contributed by atoms with Gasteiger partial charge in [0.2, 0.25) is 17.7 Å². The second-order valence-electron chi connectivity index (χ2n) is 10.1. The maximum atomic E-state index is 14.5. The van der Waals surface area contributed by atoms with Gasteiger partial charge in [-0.15, -0.1) is 0 Å². The molecule has 2 aliphatic rings. The third-order valence-corrected chi connectivity index (χ3v) is 7.70. The molecule has 198 valence electrons. The second-order valence-corrected chi connectivity index (χ2v) is 10.1. The summed E-state index contributed by atoms with van der Waals surface area (Å²) in [5.41, 5.74) is 1.48. The summed E-state index contributed by atoms with van der Waals surface area (Å²) in [4.78, 5) is 41.7. The van der Waals surface area contributed by atoms with Gasteiger partial charge in [-0.25, -0.2) is 4.39 Å². The smallest absolute Gasteiger partial charge is 0.247 e. The summed E-state index contributed by atoms with van der Waals surface area (Å²) < 4.78 is 14.5. The van der Waals surface area contributed by atoms with Crippen molar-refractivity contribution in [3.63, 3.8) is 0 Å². The predicted molar refractivity (Wildman–Crippen MR) is 142 cm³/mol. The summed E-state index contributed by atoms with van der Waals surface area (Å²) >= 11 is 0. The molecule has 3 N–H and O–H groups in total. The number of halogens is 1. The number of para-hydroxylation sites is 1. The van der Waals surface area contributed by atoms with Crippen LogP contribution in [0.4, 0.5) is 10.1 Å². The van der Waals surface area contributed by atoms with Crippen LogP contribution in [0, 0.1) is 11.7 Å². The number of anilines is 1. The van der Waals surface area contributed by atoms with Crippen LogP contribution in [0.3, 0.4) is 0 Å². The van der Waals surface area contributed by atoms with Gasteiger partial charge in [0.15, 0.2) is 0 Å². The Bertz CT molecular complexity index is 1120. The Morgan fingerprint density at radius 1 is 0.919 bits per heavy atom. The zero-order chi connectivity index (χ0) is 26.4. The minimum atomic E-state index is -0.650. The van der Waals surface area contributed by atoms with E-state index in [1.807, 2.05) is 0 Å². The van der Waals surface area contributed by atoms with Crippen LogP contribution in [0.25, 0.3) is 11.1 Å². The highest BCUT2D eigenvalue weighted by atomic mass is 19.1. The molecule has 7 nitrogen and oxygen atoms in total. The average Bonchev–Trinajstić information content (AvgIpc) is 3.42. The van der Waals surface area contributed by atoms with Crippen molar-refractivity contribution >= 4 is 23.4 Å². The van der Waals surface area contributed by atoms with E-state index in [0.29, 0.717) is 36.2 Å². The van der Waals surface area contributed by atoms with Gasteiger partial charge in [-0.3, -0.25) is 14.4 Å². The van der Waals surface area contributed by atoms with Gasteiger partial charge in [-0.1, -0.05) is 55.7 Å². The molecule has 3 amide bonds. The van der Waals surface area contributed by atoms with Gasteiger partial charge in [0, 0.05) is 23.4 Å². The molecule has 2 aromatic rings. The first-order valence-electron chi connectivity index (χ1n) is 13.3. The lowest BCUT2D eigenvalue weighted by Gasteiger charge is -2.35. The molecule has 2 aromatic carbocycles. The second kappa shape index (κ2) is 12.3. The number of carbonyl (C=O) groups excluding carboxylic acids is 3. The third kappa shape index (κ3) is 6.18. The molecule has 1 saturated carbocycles. The Hall–Kier alpha value is -3.26. The number of amides is 3. The normalized spacial score (nSPS) is 19.8. The Kier molecular flexibility index (Phi) is 8.92. The third-order valence-electron chi connectivity index (χ3n) is 7.70. The minimum absolute atomic E-state index is 0.0559. The van der Waals surface area contributed by atoms with E-state index < -0.39 is 18.1 Å². The largest absolute Gasteiger partial charge is 0.343 e. The maximum absolute atomic E-state index is 14.5. The van der Waals surface area contributed by atoms with E-state index in [1.165, 1.54) is 6.07 Å². The number of rotatable bonds is 8. The van der Waals surface area contributed by atoms with E-state index in [4.69, 9.17) is 0 Å². The molecular weight excluding hydrogens is 471 g/mol. The molecule has 8 heteroatoms. The van der Waals surface area contributed by atoms with E-state index in [0.717, 1.165) is 32.1 Å². The number of nitrogens with zero attached hydrogens (tertiary/aromatic N) is 1. The Morgan fingerprint density at radius 3 is 2.30 bits per heavy atom. The van der Waals surface area contributed by atoms with Crippen molar-refractivity contribution in [2.75, 3.05) is 18.9 Å². The number of likely N-dealkylation sites (N-methyl/N-ethyl adjacent to an activating group) is 1. The van der Waals surface area contributed by atoms with Crippen LogP contribution in [0.15, 0.2) is 48.5 Å². The number of nitrogens with one attached hydrogen (secondary N) is 3. The molecule has 1 saturated heterocycles. The minimum Gasteiger partial charge on any atom is -0.343 e. The first-order valence-corrected chi connectivity index (χ1v) is 13.3. The first kappa shape index (κ1) is 26.8. The van der Waals surface area contributed by atoms with Gasteiger partial charge < -0.3 is 20.9 Å². The molecule has 0 spiro atoms. The van der Waals surface area contributed by atoms with Gasteiger partial charge in [0.1, 0.15) is 17.9 Å². The van der Waals surface area contributed by atoms with Gasteiger partial charge >= 0.3 is 0 Å². The molecule has 0 aromatic heterocycles. The van der Waals surface area contributed by atoms with Crippen molar-refractivity contribution in [1.82, 2.24) is 15.5 Å². The molecule has 0 bridgehead atoms. The summed E-state index contributed by atoms with van der Waals surface area (Å²) in [6, 6.07) is 11.8. The summed E-state index contributed by atoms with van der Waals surface area (Å²) in [7, 11) is 1.71. The van der Waals surface area contributed by atoms with Crippen LogP contribution in [-0.2, 0) is 14.4 Å². The lowest BCUT2D eigenvalue weighted by Crippen LogP contribution is -2.57. The van der Waals surface area contributed by atoms with E-state index >= 15 is 0 Å². The molecule has 4 rings (SSSR count). The van der Waals surface area contributed by atoms with Gasteiger partial charge in [0.05, 0.1) is 6.04 Å². The molecule has 0 radical (unpaired) electrons. The predicted octanol–water partition coefficient (Wildman–Crippen LogP) is 4.10. The summed E-state index contributed by atoms with van der Waals surface area (Å²) in [5, 5.41) is 8.88. The molecule has 37 heavy (non-hydrogen) atoms. The van der Waals surface area contributed by atoms with E-state index in [2.05, 4.69) is 16.0 Å². The van der Waals surface area contributed by atoms with Crippen molar-refractivity contribution in [2.45, 2.75) is 70.0 Å². The van der Waals surface area contributed by atoms with Crippen LogP contribution in [0.2, 0.25) is 0 Å². The van der Waals surface area contributed by atoms with E-state index in [9.17, 15) is 18.8 Å². The topological polar surface area (TPSA) is 90.5 Å². The van der Waals surface area contributed by atoms with Crippen LogP contribution < -0.4 is 16.0 Å². The fourth-order valence-corrected chi connectivity index (χ4v) is 5.46. The van der Waals surface area contributed by atoms with Crippen molar-refractivity contribution in [1.29, 1.82) is 0 Å². The zero-order valence-electron chi connectivity index (χ0n) is 21.6. The fraction of sp³-hybridized carbons (Fsp3) is 0.483. The summed E-state index contributed by atoms with van der Waals surface area (Å²) in [6.45, 7) is 2.23. The van der Waals surface area contributed by atoms with Crippen LogP contribution in [-0.4, -0.2) is 54.3 Å². The summed E-state index contributed by atoms with van der Waals surface area (Å²) in [6.07, 6.45) is 6.20. The molecule has 0 unspecified atom stereocenters. The van der Waals surface area contributed by atoms with Gasteiger partial charge in [-0.05, 0) is 57.7 Å². The Balaban J connectivity index is 1.54. The number of hydrogen-bond donors (Lipinski definition) is 3. The van der Waals surface area contributed by atoms with Crippen LogP contribution >= 0.6 is 0 Å². The number of carbonyl (C=O) groups is 3. The quantitative estimate of drug-likeness (QED) is 0.501. The standard InChI is InChI=1S/C29H37FN4O3/c1-19(31-2)27(35)33-26(20-11-4-3-5-12-20)29(37)34-18-10-17-25(34)28(36)32-24-16-9-7-14-22(24)21-13-6-8-15-23(21)30/h6-9,13-16,19-20,25-26,31H,3-5,10-12,17-18H2,1-2H3,(H,32,36)(H,33,35)/t19-,25-,26-/m0/s1. The molecule has 1 aliphatic carbocycles. The van der Waals surface area contributed by atoms with Crippen LogP contribution in [0.1, 0.15) is 51.9 Å². The van der Waals surface area contributed by atoms with E-state index in [1.54, 1.807) is 61.3 Å². The fourth-order valence-electron chi connectivity index (χ4n) is 5.46. The maximum Gasteiger partial charge on any atom is 0.247 e. The summed E-state index contributed by atoms with van der Waals surface area (Å²) in [5.74, 6) is -1.02. The molecule has 1 heterocycles. The Labute approximate surface area is 218 Å². The molecule has 3 atom stereocenters. The van der Waals surface area contributed by atoms with Crippen LogP contribution in [0.5, 0.6) is 0 Å². The van der Waals surface area contributed by atoms with Crippen molar-refractivity contribution in [2.24, 2.45) is 5.92 Å². The molecular formula is C29H37FN4O3. The lowest BCUT2D eigenvalue weighted by molar-refractivity contribution is -0.142. The molecule has 1 aliphatic heterocycles. The van der Waals surface area contributed by atoms with E-state index in [-0.39, 0.29) is 29.5 Å². The van der Waals surface area contributed by atoms with Crippen molar-refractivity contribution in [3.05, 3.63) is 54.3 Å². The average molecular weight is 509 g/mol. The first-order chi connectivity index (χ1) is 17.9. The highest BCUT2D eigenvalue weighted by Crippen LogP contribution is 2.32. The van der Waals surface area contributed by atoms with Crippen molar-refractivity contribution < 1.29 is 18.8 Å². The molecule has 2 fully saturated rings. The Morgan fingerprint density at radius 2 is 1.59 bits per heavy atom. The number of likely N-dealkylation sites (tertiary alicyclic amines) is 1. The highest BCUT2D eigenvalue weighted by Gasteiger charge is 2.41. The monoisotopic (exact) mass is 508 g/mol. The SMILES string of the molecule is CN[C@@H](C)C(=O)N[C@H](C(=O)N1CCC[C@H]1C(=O)Nc1ccccc1-c1ccccc1F)C1CCCCC1. The lowest BCUT2D eigenvalue weighted by atomic mass is 9.83. The number of hydrogen-bond acceptors (Lipinski definition) is 4. The zero-order valence-corrected chi connectivity index (χ0v) is 21.6. The van der Waals surface area contributed by atoms with Gasteiger partial charge in [-0.2, -0.15) is 0 Å². The van der Waals surface area contributed by atoms with Gasteiger partial charge in [0.25, 0.3) is 0 Å². The van der Waals surface area contributed by atoms with Crippen molar-refractivity contribution in [3.8, 4) is 11.1 Å². The highest BCUT2D eigenvalue weighted by molar-refractivity contribution is 6.01. The number of benzene rings is 2.